The van der Waals surface area contributed by atoms with E-state index in [0.717, 1.165) is 0 Å². The van der Waals surface area contributed by atoms with Gasteiger partial charge in [-0.15, -0.1) is 0 Å². The van der Waals surface area contributed by atoms with Crippen LogP contribution in [0.4, 0.5) is 11.4 Å². The maximum atomic E-state index is 10.8. The van der Waals surface area contributed by atoms with Gasteiger partial charge >= 0.3 is 0 Å². The number of hydrogen-bond acceptors (Lipinski definition) is 4. The highest BCUT2D eigenvalue weighted by Gasteiger charge is 2.28. The topological polar surface area (TPSA) is 75.4 Å². The lowest BCUT2D eigenvalue weighted by Crippen LogP contribution is -2.39. The molecular formula is C10H11ClN2O3. The lowest BCUT2D eigenvalue weighted by atomic mass is 9.89. The van der Waals surface area contributed by atoms with E-state index in [1.807, 2.05) is 0 Å². The Hall–Kier alpha value is -1.33. The van der Waals surface area contributed by atoms with E-state index in [2.05, 4.69) is 5.32 Å². The first-order valence-electron chi connectivity index (χ1n) is 4.95. The van der Waals surface area contributed by atoms with Crippen LogP contribution in [0, 0.1) is 10.1 Å². The minimum Gasteiger partial charge on any atom is -0.393 e. The number of benzene rings is 1. The molecule has 0 spiro atoms. The van der Waals surface area contributed by atoms with Gasteiger partial charge in [-0.1, -0.05) is 11.6 Å². The van der Waals surface area contributed by atoms with Crippen LogP contribution in [0.1, 0.15) is 12.8 Å². The fourth-order valence-corrected chi connectivity index (χ4v) is 1.87. The number of anilines is 1. The van der Waals surface area contributed by atoms with Crippen molar-refractivity contribution in [1.82, 2.24) is 0 Å². The Bertz CT molecular complexity index is 419. The highest BCUT2D eigenvalue weighted by Crippen LogP contribution is 2.31. The molecule has 6 heteroatoms. The van der Waals surface area contributed by atoms with Gasteiger partial charge in [0.15, 0.2) is 0 Å². The number of hydrogen-bond donors (Lipinski definition) is 2. The summed E-state index contributed by atoms with van der Waals surface area (Å²) in [6, 6.07) is 4.62. The lowest BCUT2D eigenvalue weighted by molar-refractivity contribution is -0.384. The van der Waals surface area contributed by atoms with Crippen LogP contribution in [0.15, 0.2) is 18.2 Å². The number of nitrogens with zero attached hydrogens (tertiary/aromatic N) is 1. The van der Waals surface area contributed by atoms with Gasteiger partial charge in [-0.3, -0.25) is 10.1 Å². The van der Waals surface area contributed by atoms with E-state index in [1.54, 1.807) is 12.1 Å². The van der Waals surface area contributed by atoms with Crippen LogP contribution in [0.3, 0.4) is 0 Å². The molecule has 0 aliphatic heterocycles. The average Bonchev–Trinajstić information content (AvgIpc) is 2.17. The Morgan fingerprint density at radius 1 is 1.50 bits per heavy atom. The molecule has 86 valence electrons. The molecule has 0 radical (unpaired) electrons. The van der Waals surface area contributed by atoms with E-state index in [4.69, 9.17) is 16.7 Å². The SMILES string of the molecule is O=[N+]([O-])c1cc(Cl)ccc1NC1CC(O)C1. The summed E-state index contributed by atoms with van der Waals surface area (Å²) in [5, 5.41) is 23.3. The molecule has 16 heavy (non-hydrogen) atoms. The van der Waals surface area contributed by atoms with Crippen molar-refractivity contribution in [3.63, 3.8) is 0 Å². The fourth-order valence-electron chi connectivity index (χ4n) is 1.70. The third-order valence-corrected chi connectivity index (χ3v) is 2.86. The van der Waals surface area contributed by atoms with Crippen LogP contribution >= 0.6 is 11.6 Å². The van der Waals surface area contributed by atoms with Gasteiger partial charge in [-0.05, 0) is 25.0 Å². The summed E-state index contributed by atoms with van der Waals surface area (Å²) >= 11 is 5.70. The molecule has 1 aromatic carbocycles. The van der Waals surface area contributed by atoms with Crippen LogP contribution in [0.2, 0.25) is 5.02 Å². The summed E-state index contributed by atoms with van der Waals surface area (Å²) in [6.45, 7) is 0. The number of halogens is 1. The van der Waals surface area contributed by atoms with Gasteiger partial charge in [0.25, 0.3) is 5.69 Å². The third kappa shape index (κ3) is 2.25. The van der Waals surface area contributed by atoms with Gasteiger partial charge < -0.3 is 10.4 Å². The smallest absolute Gasteiger partial charge is 0.293 e. The van der Waals surface area contributed by atoms with Crippen LogP contribution in [-0.2, 0) is 0 Å². The zero-order chi connectivity index (χ0) is 11.7. The molecule has 0 saturated heterocycles. The second kappa shape index (κ2) is 4.27. The fraction of sp³-hybridized carbons (Fsp3) is 0.400. The molecular weight excluding hydrogens is 232 g/mol. The minimum atomic E-state index is -0.469. The van der Waals surface area contributed by atoms with E-state index >= 15 is 0 Å². The number of rotatable bonds is 3. The standard InChI is InChI=1S/C10H11ClN2O3/c11-6-1-2-9(10(3-6)13(15)16)12-7-4-8(14)5-7/h1-3,7-8,12,14H,4-5H2. The quantitative estimate of drug-likeness (QED) is 0.629. The van der Waals surface area contributed by atoms with Gasteiger partial charge in [0.1, 0.15) is 5.69 Å². The van der Waals surface area contributed by atoms with E-state index in [9.17, 15) is 10.1 Å². The first-order valence-corrected chi connectivity index (χ1v) is 5.32. The molecule has 0 unspecified atom stereocenters. The maximum absolute atomic E-state index is 10.8. The van der Waals surface area contributed by atoms with Crippen LogP contribution in [-0.4, -0.2) is 22.2 Å². The molecule has 1 fully saturated rings. The number of nitro benzene ring substituents is 1. The zero-order valence-corrected chi connectivity index (χ0v) is 9.15. The number of aliphatic hydroxyl groups excluding tert-OH is 1. The molecule has 1 aliphatic carbocycles. The summed E-state index contributed by atoms with van der Waals surface area (Å²) in [7, 11) is 0. The molecule has 2 rings (SSSR count). The van der Waals surface area contributed by atoms with Gasteiger partial charge in [-0.25, -0.2) is 0 Å². The number of nitrogens with one attached hydrogen (secondary N) is 1. The van der Waals surface area contributed by atoms with Gasteiger partial charge in [0.05, 0.1) is 11.0 Å². The van der Waals surface area contributed by atoms with Gasteiger partial charge in [0.2, 0.25) is 0 Å². The molecule has 0 amide bonds. The Labute approximate surface area is 97.2 Å². The van der Waals surface area contributed by atoms with Crippen molar-refractivity contribution in [2.45, 2.75) is 25.0 Å². The van der Waals surface area contributed by atoms with Crippen molar-refractivity contribution in [1.29, 1.82) is 0 Å². The van der Waals surface area contributed by atoms with E-state index < -0.39 is 4.92 Å². The second-order valence-corrected chi connectivity index (χ2v) is 4.32. The van der Waals surface area contributed by atoms with E-state index in [1.165, 1.54) is 6.07 Å². The molecule has 0 bridgehead atoms. The van der Waals surface area contributed by atoms with Gasteiger partial charge in [0, 0.05) is 17.1 Å². The van der Waals surface area contributed by atoms with E-state index in [-0.39, 0.29) is 17.8 Å². The van der Waals surface area contributed by atoms with Crippen molar-refractivity contribution in [3.8, 4) is 0 Å². The average molecular weight is 243 g/mol. The van der Waals surface area contributed by atoms with E-state index in [0.29, 0.717) is 23.6 Å². The molecule has 0 heterocycles. The van der Waals surface area contributed by atoms with Crippen LogP contribution < -0.4 is 5.32 Å². The summed E-state index contributed by atoms with van der Waals surface area (Å²) < 4.78 is 0. The molecule has 1 aliphatic rings. The first-order chi connectivity index (χ1) is 7.56. The predicted octanol–water partition coefficient (Wildman–Crippen LogP) is 2.18. The highest BCUT2D eigenvalue weighted by atomic mass is 35.5. The molecule has 1 saturated carbocycles. The van der Waals surface area contributed by atoms with Crippen LogP contribution in [0.5, 0.6) is 0 Å². The summed E-state index contributed by atoms with van der Waals surface area (Å²) in [5.41, 5.74) is 0.417. The largest absolute Gasteiger partial charge is 0.393 e. The molecule has 1 aromatic rings. The van der Waals surface area contributed by atoms with Crippen molar-refractivity contribution < 1.29 is 10.0 Å². The number of aliphatic hydroxyl groups is 1. The molecule has 0 aromatic heterocycles. The Morgan fingerprint density at radius 3 is 2.75 bits per heavy atom. The van der Waals surface area contributed by atoms with Crippen molar-refractivity contribution in [2.24, 2.45) is 0 Å². The van der Waals surface area contributed by atoms with Crippen molar-refractivity contribution in [2.75, 3.05) is 5.32 Å². The Morgan fingerprint density at radius 2 is 2.19 bits per heavy atom. The molecule has 0 atom stereocenters. The van der Waals surface area contributed by atoms with Gasteiger partial charge in [-0.2, -0.15) is 0 Å². The van der Waals surface area contributed by atoms with Crippen LogP contribution in [0.25, 0.3) is 0 Å². The Balaban J connectivity index is 2.16. The zero-order valence-electron chi connectivity index (χ0n) is 8.39. The molecule has 5 nitrogen and oxygen atoms in total. The third-order valence-electron chi connectivity index (χ3n) is 2.63. The molecule has 2 N–H and O–H groups in total. The maximum Gasteiger partial charge on any atom is 0.293 e. The minimum absolute atomic E-state index is 0.0334. The Kier molecular flexibility index (Phi) is 2.98. The monoisotopic (exact) mass is 242 g/mol. The summed E-state index contributed by atoms with van der Waals surface area (Å²) in [4.78, 5) is 10.3. The lowest BCUT2D eigenvalue weighted by Gasteiger charge is -2.32. The van der Waals surface area contributed by atoms with Crippen molar-refractivity contribution >= 4 is 23.0 Å². The normalized spacial score (nSPS) is 23.6. The summed E-state index contributed by atoms with van der Waals surface area (Å²) in [5.74, 6) is 0. The summed E-state index contributed by atoms with van der Waals surface area (Å²) in [6.07, 6.45) is 0.961. The first kappa shape index (κ1) is 11.2. The van der Waals surface area contributed by atoms with Crippen molar-refractivity contribution in [3.05, 3.63) is 33.3 Å². The second-order valence-electron chi connectivity index (χ2n) is 3.89. The predicted molar refractivity (Wildman–Crippen MR) is 60.8 cm³/mol. The highest BCUT2D eigenvalue weighted by molar-refractivity contribution is 6.30. The number of nitro groups is 1.